The second-order valence-corrected chi connectivity index (χ2v) is 25.4. The molecule has 0 aromatic heterocycles. The molecular weight excluding hydrogens is 983 g/mol. The van der Waals surface area contributed by atoms with E-state index < -0.39 is 49.5 Å². The second-order valence-electron chi connectivity index (χ2n) is 25.4. The Hall–Kier alpha value is -0.810. The lowest BCUT2D eigenvalue weighted by molar-refractivity contribution is -0.302. The lowest BCUT2D eigenvalue weighted by atomic mass is 9.99. The Labute approximate surface area is 491 Å². The topological polar surface area (TPSA) is 149 Å². The van der Waals surface area contributed by atoms with Crippen LogP contribution in [-0.2, 0) is 14.3 Å². The Morgan fingerprint density at radius 3 is 0.899 bits per heavy atom. The molecule has 1 rings (SSSR count). The van der Waals surface area contributed by atoms with Crippen LogP contribution in [0.25, 0.3) is 0 Å². The smallest absolute Gasteiger partial charge is 0.220 e. The fourth-order valence-corrected chi connectivity index (χ4v) is 12.1. The molecule has 0 aliphatic carbocycles. The lowest BCUT2D eigenvalue weighted by Crippen LogP contribution is -2.60. The quantitative estimate of drug-likeness (QED) is 0.0330. The van der Waals surface area contributed by atoms with Crippen LogP contribution >= 0.6 is 0 Å². The summed E-state index contributed by atoms with van der Waals surface area (Å²) < 4.78 is 11.4. The fraction of sp³-hybridized carbons (Fsp3) is 0.986. The maximum Gasteiger partial charge on any atom is 0.220 e. The average molecular weight is 1120 g/mol. The zero-order valence-electron chi connectivity index (χ0n) is 52.9. The minimum absolute atomic E-state index is 0.130. The Balaban J connectivity index is 2.08. The summed E-state index contributed by atoms with van der Waals surface area (Å²) in [6, 6.07) is -0.715. The van der Waals surface area contributed by atoms with Crippen LogP contribution in [0.3, 0.4) is 0 Å². The number of carbonyl (C=O) groups is 1. The number of aliphatic hydroxyl groups is 5. The molecule has 7 unspecified atom stereocenters. The SMILES string of the molecule is CCCCCCCCCCCCCCCCCCCCCCCCCCCCCCCCCCC(=O)NC(COC1OC(CO)C(O)C(O)C1O)C(O)CCCCCCCCCCCCCCCCCCCCCCCCCC. The molecule has 0 spiro atoms. The number of nitrogens with one attached hydrogen (secondary N) is 1. The molecule has 6 N–H and O–H groups in total. The number of amides is 1. The minimum atomic E-state index is -1.55. The van der Waals surface area contributed by atoms with Gasteiger partial charge in [-0.3, -0.25) is 4.79 Å². The first-order chi connectivity index (χ1) is 38.8. The average Bonchev–Trinajstić information content (AvgIpc) is 3.46. The van der Waals surface area contributed by atoms with E-state index in [1.165, 1.54) is 321 Å². The third kappa shape index (κ3) is 49.2. The van der Waals surface area contributed by atoms with E-state index in [9.17, 15) is 30.3 Å². The van der Waals surface area contributed by atoms with Gasteiger partial charge in [-0.15, -0.1) is 0 Å². The number of carbonyl (C=O) groups excluding carboxylic acids is 1. The van der Waals surface area contributed by atoms with Gasteiger partial charge in [-0.25, -0.2) is 0 Å². The van der Waals surface area contributed by atoms with Crippen molar-refractivity contribution in [1.82, 2.24) is 5.32 Å². The van der Waals surface area contributed by atoms with Crippen molar-refractivity contribution in [2.75, 3.05) is 13.2 Å². The van der Waals surface area contributed by atoms with E-state index in [4.69, 9.17) is 9.47 Å². The summed E-state index contributed by atoms with van der Waals surface area (Å²) in [7, 11) is 0. The summed E-state index contributed by atoms with van der Waals surface area (Å²) in [5, 5.41) is 54.9. The standard InChI is InChI=1S/C70H139NO8/c1-3-5-7-9-11-13-15-17-19-21-23-25-27-29-30-31-32-33-34-35-36-38-40-42-44-46-48-50-52-54-56-58-60-66(74)71-63(62-78-70-69(77)68(76)67(75)65(61-72)79-70)64(73)59-57-55-53-51-49-47-45-43-41-39-37-28-26-24-22-20-18-16-14-12-10-8-6-4-2/h63-65,67-70,72-73,75-77H,3-62H2,1-2H3,(H,71,74). The number of aliphatic hydroxyl groups excluding tert-OH is 5. The summed E-state index contributed by atoms with van der Waals surface area (Å²) in [4.78, 5) is 13.2. The van der Waals surface area contributed by atoms with E-state index in [2.05, 4.69) is 19.2 Å². The molecule has 79 heavy (non-hydrogen) atoms. The van der Waals surface area contributed by atoms with Gasteiger partial charge in [0.05, 0.1) is 25.4 Å². The summed E-state index contributed by atoms with van der Waals surface area (Å²) in [6.07, 6.45) is 69.0. The van der Waals surface area contributed by atoms with Crippen molar-refractivity contribution >= 4 is 5.91 Å². The van der Waals surface area contributed by atoms with Crippen LogP contribution in [0.15, 0.2) is 0 Å². The molecule has 0 aromatic carbocycles. The van der Waals surface area contributed by atoms with Gasteiger partial charge in [-0.2, -0.15) is 0 Å². The van der Waals surface area contributed by atoms with Crippen molar-refractivity contribution in [2.45, 2.75) is 429 Å². The molecule has 0 bridgehead atoms. The van der Waals surface area contributed by atoms with Gasteiger partial charge >= 0.3 is 0 Å². The van der Waals surface area contributed by atoms with Crippen molar-refractivity contribution in [3.05, 3.63) is 0 Å². The van der Waals surface area contributed by atoms with Crippen molar-refractivity contribution in [3.8, 4) is 0 Å². The number of rotatable bonds is 64. The van der Waals surface area contributed by atoms with E-state index in [0.29, 0.717) is 12.8 Å². The first-order valence-corrected chi connectivity index (χ1v) is 35.7. The molecular formula is C70H139NO8. The highest BCUT2D eigenvalue weighted by Crippen LogP contribution is 2.24. The van der Waals surface area contributed by atoms with Crippen molar-refractivity contribution < 1.29 is 39.8 Å². The maximum atomic E-state index is 13.2. The van der Waals surface area contributed by atoms with Gasteiger partial charge in [0.15, 0.2) is 6.29 Å². The van der Waals surface area contributed by atoms with Gasteiger partial charge in [0, 0.05) is 6.42 Å². The summed E-state index contributed by atoms with van der Waals surface area (Å²) in [5.74, 6) is -0.133. The predicted molar refractivity (Wildman–Crippen MR) is 337 cm³/mol. The van der Waals surface area contributed by atoms with Crippen LogP contribution in [0.2, 0.25) is 0 Å². The van der Waals surface area contributed by atoms with Gasteiger partial charge in [0.2, 0.25) is 5.91 Å². The van der Waals surface area contributed by atoms with Crippen LogP contribution < -0.4 is 5.32 Å². The summed E-state index contributed by atoms with van der Waals surface area (Å²) >= 11 is 0. The molecule has 9 heteroatoms. The number of unbranched alkanes of at least 4 members (excludes halogenated alkanes) is 54. The zero-order valence-corrected chi connectivity index (χ0v) is 52.9. The first kappa shape index (κ1) is 76.2. The highest BCUT2D eigenvalue weighted by atomic mass is 16.7. The van der Waals surface area contributed by atoms with E-state index in [1.54, 1.807) is 0 Å². The van der Waals surface area contributed by atoms with Gasteiger partial charge in [-0.1, -0.05) is 367 Å². The number of ether oxygens (including phenoxy) is 2. The van der Waals surface area contributed by atoms with Gasteiger partial charge in [0.25, 0.3) is 0 Å². The number of hydrogen-bond donors (Lipinski definition) is 6. The molecule has 1 fully saturated rings. The summed E-state index contributed by atoms with van der Waals surface area (Å²) in [5.41, 5.74) is 0. The van der Waals surface area contributed by atoms with Crippen LogP contribution in [0, 0.1) is 0 Å². The van der Waals surface area contributed by atoms with Crippen LogP contribution in [0.1, 0.15) is 386 Å². The van der Waals surface area contributed by atoms with E-state index in [1.807, 2.05) is 0 Å². The molecule has 0 radical (unpaired) electrons. The van der Waals surface area contributed by atoms with Crippen LogP contribution in [0.4, 0.5) is 0 Å². The largest absolute Gasteiger partial charge is 0.394 e. The Morgan fingerprint density at radius 1 is 0.380 bits per heavy atom. The monoisotopic (exact) mass is 1120 g/mol. The lowest BCUT2D eigenvalue weighted by Gasteiger charge is -2.40. The molecule has 472 valence electrons. The van der Waals surface area contributed by atoms with E-state index in [-0.39, 0.29) is 12.5 Å². The van der Waals surface area contributed by atoms with Crippen LogP contribution in [-0.4, -0.2) is 87.5 Å². The molecule has 0 aromatic rings. The third-order valence-corrected chi connectivity index (χ3v) is 17.7. The first-order valence-electron chi connectivity index (χ1n) is 35.7. The normalized spacial score (nSPS) is 18.4. The molecule has 0 saturated carbocycles. The molecule has 1 saturated heterocycles. The molecule has 7 atom stereocenters. The van der Waals surface area contributed by atoms with Gasteiger partial charge in [-0.05, 0) is 12.8 Å². The molecule has 1 amide bonds. The van der Waals surface area contributed by atoms with Crippen molar-refractivity contribution in [1.29, 1.82) is 0 Å². The molecule has 1 aliphatic heterocycles. The molecule has 1 aliphatic rings. The maximum absolute atomic E-state index is 13.2. The van der Waals surface area contributed by atoms with Crippen LogP contribution in [0.5, 0.6) is 0 Å². The highest BCUT2D eigenvalue weighted by molar-refractivity contribution is 5.76. The Bertz CT molecular complexity index is 1210. The van der Waals surface area contributed by atoms with Crippen molar-refractivity contribution in [3.63, 3.8) is 0 Å². The number of hydrogen-bond acceptors (Lipinski definition) is 8. The minimum Gasteiger partial charge on any atom is -0.394 e. The van der Waals surface area contributed by atoms with Gasteiger partial charge < -0.3 is 40.3 Å². The third-order valence-electron chi connectivity index (χ3n) is 17.7. The van der Waals surface area contributed by atoms with E-state index >= 15 is 0 Å². The van der Waals surface area contributed by atoms with Gasteiger partial charge in [0.1, 0.15) is 24.4 Å². The van der Waals surface area contributed by atoms with Crippen molar-refractivity contribution in [2.24, 2.45) is 0 Å². The Morgan fingerprint density at radius 2 is 0.633 bits per heavy atom. The molecule has 9 nitrogen and oxygen atoms in total. The zero-order chi connectivity index (χ0) is 57.2. The Kier molecular flexibility index (Phi) is 58.2. The summed E-state index contributed by atoms with van der Waals surface area (Å²) in [6.45, 7) is 3.91. The molecule has 1 heterocycles. The van der Waals surface area contributed by atoms with E-state index in [0.717, 1.165) is 38.5 Å². The predicted octanol–water partition coefficient (Wildman–Crippen LogP) is 19.3. The highest BCUT2D eigenvalue weighted by Gasteiger charge is 2.44. The fourth-order valence-electron chi connectivity index (χ4n) is 12.1. The second kappa shape index (κ2) is 60.3.